The summed E-state index contributed by atoms with van der Waals surface area (Å²) in [6.07, 6.45) is 1.93. The number of para-hydroxylation sites is 2. The minimum Gasteiger partial charge on any atom is -0.495 e. The first kappa shape index (κ1) is 17.5. The van der Waals surface area contributed by atoms with Crippen LogP contribution in [-0.2, 0) is 13.1 Å². The van der Waals surface area contributed by atoms with Crippen LogP contribution in [0.5, 0.6) is 5.75 Å². The number of halogens is 1. The number of benzene rings is 2. The molecule has 5 nitrogen and oxygen atoms in total. The molecular formula is C20H20FN3O2. The molecule has 0 unspecified atom stereocenters. The molecule has 2 aromatic carbocycles. The standard InChI is InChI=1S/C20H20FN3O2/c1-26-19-7-3-2-6-18(19)23-20(25)22-13-17-5-4-12-24(17)14-15-8-10-16(21)11-9-15/h2-12H,13-14H2,1H3,(H2,22,23,25). The van der Waals surface area contributed by atoms with Crippen LogP contribution in [0.4, 0.5) is 14.9 Å². The molecule has 3 rings (SSSR count). The van der Waals surface area contributed by atoms with Crippen LogP contribution in [0.2, 0.25) is 0 Å². The first-order valence-corrected chi connectivity index (χ1v) is 8.22. The molecule has 2 N–H and O–H groups in total. The Bertz CT molecular complexity index is 875. The van der Waals surface area contributed by atoms with Crippen molar-refractivity contribution in [2.24, 2.45) is 0 Å². The maximum Gasteiger partial charge on any atom is 0.319 e. The van der Waals surface area contributed by atoms with E-state index < -0.39 is 0 Å². The molecule has 0 aliphatic rings. The molecule has 26 heavy (non-hydrogen) atoms. The molecule has 2 amide bonds. The Labute approximate surface area is 151 Å². The molecule has 0 aliphatic heterocycles. The van der Waals surface area contributed by atoms with Gasteiger partial charge in [-0.05, 0) is 42.0 Å². The molecule has 0 bridgehead atoms. The smallest absolute Gasteiger partial charge is 0.319 e. The lowest BCUT2D eigenvalue weighted by atomic mass is 10.2. The van der Waals surface area contributed by atoms with Crippen LogP contribution >= 0.6 is 0 Å². The lowest BCUT2D eigenvalue weighted by molar-refractivity contribution is 0.251. The molecule has 0 fully saturated rings. The third kappa shape index (κ3) is 4.42. The second-order valence-corrected chi connectivity index (χ2v) is 5.76. The Morgan fingerprint density at radius 3 is 2.62 bits per heavy atom. The average Bonchev–Trinajstić information content (AvgIpc) is 3.09. The zero-order valence-corrected chi connectivity index (χ0v) is 14.4. The number of hydrogen-bond acceptors (Lipinski definition) is 2. The number of anilines is 1. The van der Waals surface area contributed by atoms with Crippen LogP contribution in [0.15, 0.2) is 66.9 Å². The van der Waals surface area contributed by atoms with Crippen molar-refractivity contribution in [2.75, 3.05) is 12.4 Å². The van der Waals surface area contributed by atoms with Crippen LogP contribution in [0, 0.1) is 5.82 Å². The van der Waals surface area contributed by atoms with Crippen molar-refractivity contribution in [2.45, 2.75) is 13.1 Å². The number of rotatable bonds is 6. The van der Waals surface area contributed by atoms with Crippen LogP contribution < -0.4 is 15.4 Å². The maximum atomic E-state index is 13.0. The first-order chi connectivity index (χ1) is 12.7. The normalized spacial score (nSPS) is 10.4. The van der Waals surface area contributed by atoms with Crippen molar-refractivity contribution in [3.63, 3.8) is 0 Å². The molecule has 0 saturated carbocycles. The van der Waals surface area contributed by atoms with Crippen molar-refractivity contribution in [3.05, 3.63) is 83.9 Å². The molecule has 0 spiro atoms. The number of aromatic nitrogens is 1. The van der Waals surface area contributed by atoms with Gasteiger partial charge in [-0.2, -0.15) is 0 Å². The van der Waals surface area contributed by atoms with E-state index in [9.17, 15) is 9.18 Å². The third-order valence-electron chi connectivity index (χ3n) is 3.97. The van der Waals surface area contributed by atoms with Crippen molar-refractivity contribution in [3.8, 4) is 5.75 Å². The van der Waals surface area contributed by atoms with Gasteiger partial charge in [0.15, 0.2) is 0 Å². The number of nitrogens with one attached hydrogen (secondary N) is 2. The number of methoxy groups -OCH3 is 1. The average molecular weight is 353 g/mol. The van der Waals surface area contributed by atoms with Crippen molar-refractivity contribution in [1.29, 1.82) is 0 Å². The number of nitrogens with zero attached hydrogens (tertiary/aromatic N) is 1. The fourth-order valence-electron chi connectivity index (χ4n) is 2.64. The summed E-state index contributed by atoms with van der Waals surface area (Å²) >= 11 is 0. The fourth-order valence-corrected chi connectivity index (χ4v) is 2.64. The predicted molar refractivity (Wildman–Crippen MR) is 98.8 cm³/mol. The van der Waals surface area contributed by atoms with E-state index in [0.717, 1.165) is 11.3 Å². The van der Waals surface area contributed by atoms with Crippen LogP contribution in [-0.4, -0.2) is 17.7 Å². The highest BCUT2D eigenvalue weighted by atomic mass is 19.1. The highest BCUT2D eigenvalue weighted by Crippen LogP contribution is 2.22. The van der Waals surface area contributed by atoms with E-state index in [4.69, 9.17) is 4.74 Å². The summed E-state index contributed by atoms with van der Waals surface area (Å²) in [4.78, 5) is 12.2. The number of hydrogen-bond donors (Lipinski definition) is 2. The molecule has 6 heteroatoms. The summed E-state index contributed by atoms with van der Waals surface area (Å²) < 4.78 is 20.2. The fraction of sp³-hybridized carbons (Fsp3) is 0.150. The molecule has 0 radical (unpaired) electrons. The molecule has 0 saturated heterocycles. The third-order valence-corrected chi connectivity index (χ3v) is 3.97. The van der Waals surface area contributed by atoms with E-state index in [2.05, 4.69) is 10.6 Å². The monoisotopic (exact) mass is 353 g/mol. The van der Waals surface area contributed by atoms with Crippen molar-refractivity contribution < 1.29 is 13.9 Å². The number of urea groups is 1. The largest absolute Gasteiger partial charge is 0.495 e. The van der Waals surface area contributed by atoms with E-state index >= 15 is 0 Å². The van der Waals surface area contributed by atoms with Crippen LogP contribution in [0.1, 0.15) is 11.3 Å². The first-order valence-electron chi connectivity index (χ1n) is 8.22. The van der Waals surface area contributed by atoms with Gasteiger partial charge >= 0.3 is 6.03 Å². The molecule has 134 valence electrons. The van der Waals surface area contributed by atoms with Gasteiger partial charge in [0.1, 0.15) is 11.6 Å². The summed E-state index contributed by atoms with van der Waals surface area (Å²) in [7, 11) is 1.56. The van der Waals surface area contributed by atoms with Gasteiger partial charge in [0.2, 0.25) is 0 Å². The lowest BCUT2D eigenvalue weighted by Crippen LogP contribution is -2.29. The van der Waals surface area contributed by atoms with E-state index in [-0.39, 0.29) is 11.8 Å². The Kier molecular flexibility index (Phi) is 5.53. The molecule has 3 aromatic rings. The van der Waals surface area contributed by atoms with E-state index in [1.54, 1.807) is 31.4 Å². The molecule has 1 aromatic heterocycles. The van der Waals surface area contributed by atoms with E-state index in [1.807, 2.05) is 35.0 Å². The van der Waals surface area contributed by atoms with Gasteiger partial charge in [-0.3, -0.25) is 0 Å². The molecular weight excluding hydrogens is 333 g/mol. The number of carbonyl (C=O) groups is 1. The van der Waals surface area contributed by atoms with Gasteiger partial charge < -0.3 is 19.9 Å². The summed E-state index contributed by atoms with van der Waals surface area (Å²) in [6, 6.07) is 17.1. The summed E-state index contributed by atoms with van der Waals surface area (Å²) in [5, 5.41) is 5.61. The summed E-state index contributed by atoms with van der Waals surface area (Å²) in [6.45, 7) is 0.980. The number of amides is 2. The second-order valence-electron chi connectivity index (χ2n) is 5.76. The summed E-state index contributed by atoms with van der Waals surface area (Å²) in [5.41, 5.74) is 2.54. The predicted octanol–water partition coefficient (Wildman–Crippen LogP) is 4.01. The van der Waals surface area contributed by atoms with E-state index in [0.29, 0.717) is 24.5 Å². The van der Waals surface area contributed by atoms with Crippen molar-refractivity contribution in [1.82, 2.24) is 9.88 Å². The highest BCUT2D eigenvalue weighted by molar-refractivity contribution is 5.90. The molecule has 1 heterocycles. The number of carbonyl (C=O) groups excluding carboxylic acids is 1. The minimum atomic E-state index is -0.316. The maximum absolute atomic E-state index is 13.0. The topological polar surface area (TPSA) is 55.3 Å². The van der Waals surface area contributed by atoms with Crippen LogP contribution in [0.25, 0.3) is 0 Å². The van der Waals surface area contributed by atoms with Crippen molar-refractivity contribution >= 4 is 11.7 Å². The SMILES string of the molecule is COc1ccccc1NC(=O)NCc1cccn1Cc1ccc(F)cc1. The molecule has 0 atom stereocenters. The minimum absolute atomic E-state index is 0.254. The Balaban J connectivity index is 1.59. The Hall–Kier alpha value is -3.28. The van der Waals surface area contributed by atoms with E-state index in [1.165, 1.54) is 12.1 Å². The van der Waals surface area contributed by atoms with Gasteiger partial charge in [0.05, 0.1) is 19.3 Å². The zero-order chi connectivity index (χ0) is 18.4. The molecule has 0 aliphatic carbocycles. The lowest BCUT2D eigenvalue weighted by Gasteiger charge is -2.13. The quantitative estimate of drug-likeness (QED) is 0.704. The van der Waals surface area contributed by atoms with Gasteiger partial charge in [-0.1, -0.05) is 24.3 Å². The summed E-state index contributed by atoms with van der Waals surface area (Å²) in [5.74, 6) is 0.346. The number of ether oxygens (including phenoxy) is 1. The second kappa shape index (κ2) is 8.20. The Morgan fingerprint density at radius 2 is 1.85 bits per heavy atom. The van der Waals surface area contributed by atoms with Gasteiger partial charge in [-0.15, -0.1) is 0 Å². The zero-order valence-electron chi connectivity index (χ0n) is 14.4. The highest BCUT2D eigenvalue weighted by Gasteiger charge is 2.08. The van der Waals surface area contributed by atoms with Gasteiger partial charge in [0, 0.05) is 18.4 Å². The van der Waals surface area contributed by atoms with Crippen LogP contribution in [0.3, 0.4) is 0 Å². The van der Waals surface area contributed by atoms with Gasteiger partial charge in [0.25, 0.3) is 0 Å². The van der Waals surface area contributed by atoms with Gasteiger partial charge in [-0.25, -0.2) is 9.18 Å². The Morgan fingerprint density at radius 1 is 1.08 bits per heavy atom.